The van der Waals surface area contributed by atoms with Crippen molar-refractivity contribution in [2.45, 2.75) is 37.7 Å². The zero-order chi connectivity index (χ0) is 14.7. The Morgan fingerprint density at radius 1 is 1.20 bits per heavy atom. The molecule has 0 aliphatic heterocycles. The van der Waals surface area contributed by atoms with E-state index in [0.29, 0.717) is 24.0 Å². The van der Waals surface area contributed by atoms with Gasteiger partial charge in [-0.05, 0) is 12.8 Å². The molecule has 1 aliphatic carbocycles. The Morgan fingerprint density at radius 2 is 1.85 bits per heavy atom. The fourth-order valence-electron chi connectivity index (χ4n) is 2.91. The molecule has 0 saturated heterocycles. The van der Waals surface area contributed by atoms with Crippen molar-refractivity contribution < 1.29 is 24.5 Å². The van der Waals surface area contributed by atoms with Gasteiger partial charge in [0.15, 0.2) is 6.29 Å². The highest BCUT2D eigenvalue weighted by Crippen LogP contribution is 2.46. The van der Waals surface area contributed by atoms with Crippen LogP contribution in [0.15, 0.2) is 6.07 Å². The number of phenols is 1. The van der Waals surface area contributed by atoms with Crippen LogP contribution < -0.4 is 9.47 Å². The van der Waals surface area contributed by atoms with Crippen LogP contribution in [0.4, 0.5) is 0 Å². The molecule has 1 aliphatic rings. The van der Waals surface area contributed by atoms with Gasteiger partial charge in [-0.2, -0.15) is 0 Å². The summed E-state index contributed by atoms with van der Waals surface area (Å²) in [5, 5.41) is 20.6. The quantitative estimate of drug-likeness (QED) is 0.827. The normalized spacial score (nSPS) is 22.4. The van der Waals surface area contributed by atoms with E-state index in [0.717, 1.165) is 19.3 Å². The molecule has 5 heteroatoms. The van der Waals surface area contributed by atoms with E-state index in [9.17, 15) is 15.0 Å². The maximum Gasteiger partial charge on any atom is 0.157 e. The number of methoxy groups -OCH3 is 2. The Labute approximate surface area is 118 Å². The summed E-state index contributed by atoms with van der Waals surface area (Å²) in [6.07, 6.45) is 3.43. The number of aldehydes is 1. The number of ether oxygens (including phenoxy) is 2. The third-order valence-electron chi connectivity index (χ3n) is 3.96. The van der Waals surface area contributed by atoms with Gasteiger partial charge in [0.1, 0.15) is 17.2 Å². The highest BCUT2D eigenvalue weighted by molar-refractivity contribution is 5.85. The molecule has 1 fully saturated rings. The molecular formula is C15H20O5. The molecule has 0 amide bonds. The number of phenolic OH excluding ortho intramolecular Hbond substituents is 1. The Hall–Kier alpha value is -1.75. The van der Waals surface area contributed by atoms with Crippen molar-refractivity contribution in [3.8, 4) is 17.2 Å². The lowest BCUT2D eigenvalue weighted by molar-refractivity contribution is 0.103. The highest BCUT2D eigenvalue weighted by Gasteiger charge is 2.31. The maximum absolute atomic E-state index is 11.2. The van der Waals surface area contributed by atoms with Gasteiger partial charge in [-0.1, -0.05) is 12.8 Å². The summed E-state index contributed by atoms with van der Waals surface area (Å²) < 4.78 is 10.4. The van der Waals surface area contributed by atoms with Crippen LogP contribution in [0.1, 0.15) is 47.5 Å². The van der Waals surface area contributed by atoms with E-state index in [1.165, 1.54) is 14.2 Å². The average molecular weight is 280 g/mol. The van der Waals surface area contributed by atoms with Crippen LogP contribution >= 0.6 is 0 Å². The molecule has 0 heterocycles. The van der Waals surface area contributed by atoms with Crippen LogP contribution in [-0.4, -0.2) is 36.8 Å². The topological polar surface area (TPSA) is 76.0 Å². The van der Waals surface area contributed by atoms with Crippen molar-refractivity contribution in [3.63, 3.8) is 0 Å². The van der Waals surface area contributed by atoms with E-state index in [-0.39, 0.29) is 23.0 Å². The molecule has 1 saturated carbocycles. The lowest BCUT2D eigenvalue weighted by atomic mass is 9.80. The number of carbonyl (C=O) groups is 1. The van der Waals surface area contributed by atoms with Gasteiger partial charge in [0.25, 0.3) is 0 Å². The van der Waals surface area contributed by atoms with Crippen LogP contribution in [-0.2, 0) is 0 Å². The van der Waals surface area contributed by atoms with Crippen LogP contribution in [0.25, 0.3) is 0 Å². The summed E-state index contributed by atoms with van der Waals surface area (Å²) in [7, 11) is 2.92. The number of aliphatic hydroxyl groups is 1. The van der Waals surface area contributed by atoms with E-state index in [4.69, 9.17) is 9.47 Å². The largest absolute Gasteiger partial charge is 0.507 e. The Kier molecular flexibility index (Phi) is 4.49. The molecule has 0 aromatic heterocycles. The van der Waals surface area contributed by atoms with Crippen molar-refractivity contribution in [2.75, 3.05) is 14.2 Å². The molecular weight excluding hydrogens is 260 g/mol. The SMILES string of the molecule is COc1cc(OC)c(C2CCCCC2O)c(O)c1C=O. The van der Waals surface area contributed by atoms with Gasteiger partial charge in [-0.25, -0.2) is 0 Å². The van der Waals surface area contributed by atoms with Crippen LogP contribution in [0.3, 0.4) is 0 Å². The van der Waals surface area contributed by atoms with E-state index in [1.807, 2.05) is 0 Å². The van der Waals surface area contributed by atoms with Gasteiger partial charge in [-0.3, -0.25) is 4.79 Å². The zero-order valence-corrected chi connectivity index (χ0v) is 11.8. The number of aliphatic hydroxyl groups excluding tert-OH is 1. The third kappa shape index (κ3) is 2.45. The van der Waals surface area contributed by atoms with Crippen molar-refractivity contribution in [1.29, 1.82) is 0 Å². The smallest absolute Gasteiger partial charge is 0.157 e. The molecule has 20 heavy (non-hydrogen) atoms. The highest BCUT2D eigenvalue weighted by atomic mass is 16.5. The molecule has 1 aromatic rings. The lowest BCUT2D eigenvalue weighted by Crippen LogP contribution is -2.23. The van der Waals surface area contributed by atoms with Crippen molar-refractivity contribution >= 4 is 6.29 Å². The first kappa shape index (κ1) is 14.7. The summed E-state index contributed by atoms with van der Waals surface area (Å²) in [5.41, 5.74) is 0.601. The fourth-order valence-corrected chi connectivity index (χ4v) is 2.91. The number of hydrogen-bond acceptors (Lipinski definition) is 5. The van der Waals surface area contributed by atoms with Crippen molar-refractivity contribution in [2.24, 2.45) is 0 Å². The molecule has 0 radical (unpaired) electrons. The second-order valence-electron chi connectivity index (χ2n) is 5.03. The molecule has 2 atom stereocenters. The predicted octanol–water partition coefficient (Wildman–Crippen LogP) is 2.24. The van der Waals surface area contributed by atoms with Crippen LogP contribution in [0, 0.1) is 0 Å². The second-order valence-corrected chi connectivity index (χ2v) is 5.03. The molecule has 2 rings (SSSR count). The van der Waals surface area contributed by atoms with Gasteiger partial charge in [0, 0.05) is 17.5 Å². The van der Waals surface area contributed by atoms with Crippen LogP contribution in [0.2, 0.25) is 0 Å². The van der Waals surface area contributed by atoms with E-state index < -0.39 is 6.10 Å². The molecule has 1 aromatic carbocycles. The Balaban J connectivity index is 2.58. The molecule has 110 valence electrons. The van der Waals surface area contributed by atoms with Crippen LogP contribution in [0.5, 0.6) is 17.2 Å². The summed E-state index contributed by atoms with van der Waals surface area (Å²) >= 11 is 0. The third-order valence-corrected chi connectivity index (χ3v) is 3.96. The number of carbonyl (C=O) groups excluding carboxylic acids is 1. The second kappa shape index (κ2) is 6.13. The lowest BCUT2D eigenvalue weighted by Gasteiger charge is -2.30. The average Bonchev–Trinajstić information content (AvgIpc) is 2.47. The minimum atomic E-state index is -0.531. The standard InChI is InChI=1S/C15H20O5/c1-19-12-7-13(20-2)14(15(18)10(12)8-16)9-5-3-4-6-11(9)17/h7-9,11,17-18H,3-6H2,1-2H3. The molecule has 2 unspecified atom stereocenters. The first-order valence-electron chi connectivity index (χ1n) is 6.75. The van der Waals surface area contributed by atoms with E-state index in [2.05, 4.69) is 0 Å². The summed E-state index contributed by atoms with van der Waals surface area (Å²) in [5.74, 6) is 0.338. The molecule has 0 spiro atoms. The van der Waals surface area contributed by atoms with E-state index in [1.54, 1.807) is 6.07 Å². The molecule has 5 nitrogen and oxygen atoms in total. The summed E-state index contributed by atoms with van der Waals surface area (Å²) in [4.78, 5) is 11.2. The first-order valence-corrected chi connectivity index (χ1v) is 6.75. The minimum Gasteiger partial charge on any atom is -0.507 e. The van der Waals surface area contributed by atoms with Gasteiger partial charge < -0.3 is 19.7 Å². The van der Waals surface area contributed by atoms with Crippen molar-refractivity contribution in [3.05, 3.63) is 17.2 Å². The molecule has 2 N–H and O–H groups in total. The monoisotopic (exact) mass is 280 g/mol. The minimum absolute atomic E-state index is 0.0982. The maximum atomic E-state index is 11.2. The van der Waals surface area contributed by atoms with Gasteiger partial charge in [0.05, 0.1) is 25.9 Å². The summed E-state index contributed by atoms with van der Waals surface area (Å²) in [6, 6.07) is 1.58. The first-order chi connectivity index (χ1) is 9.63. The van der Waals surface area contributed by atoms with Gasteiger partial charge >= 0.3 is 0 Å². The Morgan fingerprint density at radius 3 is 2.40 bits per heavy atom. The van der Waals surface area contributed by atoms with Gasteiger partial charge in [-0.15, -0.1) is 0 Å². The number of aromatic hydroxyl groups is 1. The zero-order valence-electron chi connectivity index (χ0n) is 11.8. The predicted molar refractivity (Wildman–Crippen MR) is 73.8 cm³/mol. The van der Waals surface area contributed by atoms with Gasteiger partial charge in [0.2, 0.25) is 0 Å². The Bertz CT molecular complexity index is 498. The number of hydrogen-bond donors (Lipinski definition) is 2. The number of rotatable bonds is 4. The fraction of sp³-hybridized carbons (Fsp3) is 0.533. The summed E-state index contributed by atoms with van der Waals surface area (Å²) in [6.45, 7) is 0. The van der Waals surface area contributed by atoms with E-state index >= 15 is 0 Å². The van der Waals surface area contributed by atoms with Crippen molar-refractivity contribution in [1.82, 2.24) is 0 Å². The molecule has 0 bridgehead atoms. The number of benzene rings is 1.